The molecule has 0 aliphatic carbocycles. The Bertz CT molecular complexity index is 675. The number of thioether (sulfide) groups is 1. The summed E-state index contributed by atoms with van der Waals surface area (Å²) in [6, 6.07) is 10.8. The Morgan fingerprint density at radius 2 is 2.20 bits per heavy atom. The van der Waals surface area contributed by atoms with Crippen LogP contribution in [-0.2, 0) is 18.3 Å². The topological polar surface area (TPSA) is 63.1 Å². The van der Waals surface area contributed by atoms with E-state index in [1.54, 1.807) is 6.33 Å². The van der Waals surface area contributed by atoms with Crippen LogP contribution in [-0.4, -0.2) is 57.0 Å². The monoisotopic (exact) mass is 359 g/mol. The summed E-state index contributed by atoms with van der Waals surface area (Å²) in [5.41, 5.74) is 1.37. The number of hydrogen-bond acceptors (Lipinski definition) is 5. The van der Waals surface area contributed by atoms with Crippen molar-refractivity contribution in [3.8, 4) is 0 Å². The molecule has 1 unspecified atom stereocenters. The third-order valence-corrected chi connectivity index (χ3v) is 5.47. The number of amides is 1. The Kier molecular flexibility index (Phi) is 6.47. The van der Waals surface area contributed by atoms with Gasteiger partial charge in [-0.1, -0.05) is 42.1 Å². The van der Waals surface area contributed by atoms with E-state index in [0.717, 1.165) is 44.1 Å². The van der Waals surface area contributed by atoms with Crippen LogP contribution in [0.25, 0.3) is 0 Å². The van der Waals surface area contributed by atoms with E-state index in [4.69, 9.17) is 0 Å². The van der Waals surface area contributed by atoms with Crippen LogP contribution in [0.15, 0.2) is 41.8 Å². The normalized spacial score (nSPS) is 18.2. The lowest BCUT2D eigenvalue weighted by molar-refractivity contribution is -0.119. The Hall–Kier alpha value is -1.86. The highest BCUT2D eigenvalue weighted by molar-refractivity contribution is 7.99. The predicted molar refractivity (Wildman–Crippen MR) is 99.5 cm³/mol. The number of carbonyl (C=O) groups is 1. The van der Waals surface area contributed by atoms with Crippen molar-refractivity contribution in [1.82, 2.24) is 25.0 Å². The second kappa shape index (κ2) is 9.01. The van der Waals surface area contributed by atoms with Crippen LogP contribution in [0.4, 0.5) is 0 Å². The Morgan fingerprint density at radius 3 is 2.96 bits per heavy atom. The van der Waals surface area contributed by atoms with Crippen LogP contribution < -0.4 is 5.32 Å². The zero-order chi connectivity index (χ0) is 17.5. The van der Waals surface area contributed by atoms with Gasteiger partial charge < -0.3 is 14.8 Å². The molecular weight excluding hydrogens is 334 g/mol. The molecule has 1 saturated heterocycles. The zero-order valence-electron chi connectivity index (χ0n) is 14.6. The molecule has 6 nitrogen and oxygen atoms in total. The molecule has 134 valence electrons. The number of likely N-dealkylation sites (tertiary alicyclic amines) is 1. The molecule has 1 aromatic heterocycles. The summed E-state index contributed by atoms with van der Waals surface area (Å²) in [6.07, 6.45) is 4.90. The highest BCUT2D eigenvalue weighted by Crippen LogP contribution is 2.14. The second-order valence-corrected chi connectivity index (χ2v) is 7.40. The van der Waals surface area contributed by atoms with Crippen molar-refractivity contribution in [2.24, 2.45) is 7.05 Å². The predicted octanol–water partition coefficient (Wildman–Crippen LogP) is 1.73. The summed E-state index contributed by atoms with van der Waals surface area (Å²) in [5.74, 6) is 0.454. The van der Waals surface area contributed by atoms with E-state index in [0.29, 0.717) is 5.75 Å². The molecule has 1 atom stereocenters. The molecule has 1 fully saturated rings. The average Bonchev–Trinajstić information content (AvgIpc) is 3.04. The fraction of sp³-hybridized carbons (Fsp3) is 0.500. The van der Waals surface area contributed by atoms with Gasteiger partial charge in [-0.3, -0.25) is 4.79 Å². The number of nitrogens with one attached hydrogen (secondary N) is 1. The number of hydrogen-bond donors (Lipinski definition) is 1. The van der Waals surface area contributed by atoms with Crippen molar-refractivity contribution in [1.29, 1.82) is 0 Å². The van der Waals surface area contributed by atoms with Gasteiger partial charge in [-0.05, 0) is 31.4 Å². The maximum Gasteiger partial charge on any atom is 0.230 e. The lowest BCUT2D eigenvalue weighted by Crippen LogP contribution is -2.48. The van der Waals surface area contributed by atoms with Gasteiger partial charge in [0.05, 0.1) is 5.75 Å². The lowest BCUT2D eigenvalue weighted by atomic mass is 10.0. The quantitative estimate of drug-likeness (QED) is 0.763. The SMILES string of the molecule is Cn1cnnc1SCC(=O)NC1CCCN(CCc2ccccc2)C1. The van der Waals surface area contributed by atoms with Gasteiger partial charge in [-0.2, -0.15) is 0 Å². The minimum absolute atomic E-state index is 0.0721. The van der Waals surface area contributed by atoms with Crippen LogP contribution in [0.2, 0.25) is 0 Å². The van der Waals surface area contributed by atoms with Gasteiger partial charge in [0, 0.05) is 26.2 Å². The van der Waals surface area contributed by atoms with E-state index in [9.17, 15) is 4.79 Å². The molecule has 1 aromatic carbocycles. The number of piperidine rings is 1. The molecule has 0 radical (unpaired) electrons. The van der Waals surface area contributed by atoms with Gasteiger partial charge in [0.1, 0.15) is 6.33 Å². The molecule has 1 aliphatic rings. The zero-order valence-corrected chi connectivity index (χ0v) is 15.4. The van der Waals surface area contributed by atoms with Crippen molar-refractivity contribution in [2.45, 2.75) is 30.5 Å². The van der Waals surface area contributed by atoms with Crippen molar-refractivity contribution in [3.05, 3.63) is 42.2 Å². The molecule has 25 heavy (non-hydrogen) atoms. The van der Waals surface area contributed by atoms with E-state index < -0.39 is 0 Å². The summed E-state index contributed by atoms with van der Waals surface area (Å²) in [5, 5.41) is 11.7. The molecule has 1 N–H and O–H groups in total. The number of aryl methyl sites for hydroxylation is 1. The summed E-state index contributed by atoms with van der Waals surface area (Å²) in [7, 11) is 1.88. The van der Waals surface area contributed by atoms with Crippen molar-refractivity contribution >= 4 is 17.7 Å². The van der Waals surface area contributed by atoms with Gasteiger partial charge in [0.15, 0.2) is 5.16 Å². The first-order valence-corrected chi connectivity index (χ1v) is 9.71. The smallest absolute Gasteiger partial charge is 0.230 e. The second-order valence-electron chi connectivity index (χ2n) is 6.46. The molecule has 0 saturated carbocycles. The lowest BCUT2D eigenvalue weighted by Gasteiger charge is -2.33. The standard InChI is InChI=1S/C18H25N5OS/c1-22-14-19-21-18(22)25-13-17(24)20-16-8-5-10-23(12-16)11-9-15-6-3-2-4-7-15/h2-4,6-7,14,16H,5,8-13H2,1H3,(H,20,24). The highest BCUT2D eigenvalue weighted by atomic mass is 32.2. The maximum atomic E-state index is 12.2. The van der Waals surface area contributed by atoms with Gasteiger partial charge in [0.2, 0.25) is 5.91 Å². The fourth-order valence-corrected chi connectivity index (χ4v) is 3.81. The third kappa shape index (κ3) is 5.57. The Balaban J connectivity index is 1.40. The molecule has 1 amide bonds. The van der Waals surface area contributed by atoms with Gasteiger partial charge in [0.25, 0.3) is 0 Å². The van der Waals surface area contributed by atoms with Crippen LogP contribution >= 0.6 is 11.8 Å². The first-order chi connectivity index (χ1) is 12.2. The van der Waals surface area contributed by atoms with Crippen molar-refractivity contribution in [3.63, 3.8) is 0 Å². The first-order valence-electron chi connectivity index (χ1n) is 8.73. The van der Waals surface area contributed by atoms with Crippen LogP contribution in [0, 0.1) is 0 Å². The van der Waals surface area contributed by atoms with Gasteiger partial charge >= 0.3 is 0 Å². The number of benzene rings is 1. The summed E-state index contributed by atoms with van der Waals surface area (Å²) in [6.45, 7) is 3.10. The molecule has 2 heterocycles. The van der Waals surface area contributed by atoms with Crippen molar-refractivity contribution < 1.29 is 4.79 Å². The Labute approximate surface area is 153 Å². The minimum atomic E-state index is 0.0721. The molecule has 7 heteroatoms. The molecule has 3 rings (SSSR count). The van der Waals surface area contributed by atoms with Crippen LogP contribution in [0.1, 0.15) is 18.4 Å². The Morgan fingerprint density at radius 1 is 1.36 bits per heavy atom. The van der Waals surface area contributed by atoms with Gasteiger partial charge in [-0.15, -0.1) is 10.2 Å². The van der Waals surface area contributed by atoms with Crippen molar-refractivity contribution in [2.75, 3.05) is 25.4 Å². The summed E-state index contributed by atoms with van der Waals surface area (Å²) in [4.78, 5) is 14.7. The van der Waals surface area contributed by atoms with E-state index in [-0.39, 0.29) is 11.9 Å². The largest absolute Gasteiger partial charge is 0.351 e. The van der Waals surface area contributed by atoms with E-state index >= 15 is 0 Å². The van der Waals surface area contributed by atoms with Gasteiger partial charge in [-0.25, -0.2) is 0 Å². The molecule has 2 aromatic rings. The molecule has 0 spiro atoms. The van der Waals surface area contributed by atoms with E-state index in [1.165, 1.54) is 17.3 Å². The number of aromatic nitrogens is 3. The first kappa shape index (κ1) is 17.9. The average molecular weight is 359 g/mol. The fourth-order valence-electron chi connectivity index (χ4n) is 3.11. The third-order valence-electron chi connectivity index (χ3n) is 4.43. The summed E-state index contributed by atoms with van der Waals surface area (Å²) < 4.78 is 1.82. The van der Waals surface area contributed by atoms with Crippen LogP contribution in [0.5, 0.6) is 0 Å². The molecular formula is C18H25N5OS. The van der Waals surface area contributed by atoms with E-state index in [2.05, 4.69) is 50.7 Å². The maximum absolute atomic E-state index is 12.2. The number of nitrogens with zero attached hydrogens (tertiary/aromatic N) is 4. The minimum Gasteiger partial charge on any atom is -0.351 e. The summed E-state index contributed by atoms with van der Waals surface area (Å²) >= 11 is 1.42. The van der Waals surface area contributed by atoms with Crippen LogP contribution in [0.3, 0.4) is 0 Å². The highest BCUT2D eigenvalue weighted by Gasteiger charge is 2.21. The van der Waals surface area contributed by atoms with E-state index in [1.807, 2.05) is 11.6 Å². The molecule has 1 aliphatic heterocycles. The number of rotatable bonds is 7. The number of carbonyl (C=O) groups excluding carboxylic acids is 1. The molecule has 0 bridgehead atoms.